The molecule has 0 radical (unpaired) electrons. The molecule has 0 aliphatic heterocycles. The fourth-order valence-corrected chi connectivity index (χ4v) is 1.91. The molecule has 0 heterocycles. The van der Waals surface area contributed by atoms with Crippen molar-refractivity contribution in [2.75, 3.05) is 6.54 Å². The Bertz CT molecular complexity index is 289. The second kappa shape index (κ2) is 4.61. The van der Waals surface area contributed by atoms with Crippen molar-refractivity contribution in [3.05, 3.63) is 35.4 Å². The lowest BCUT2D eigenvalue weighted by atomic mass is 9.93. The van der Waals surface area contributed by atoms with E-state index in [2.05, 4.69) is 36.5 Å². The van der Waals surface area contributed by atoms with Crippen LogP contribution in [-0.4, -0.2) is 12.6 Å². The zero-order chi connectivity index (χ0) is 9.80. The Morgan fingerprint density at radius 3 is 2.71 bits per heavy atom. The fraction of sp³-hybridized carbons (Fsp3) is 0.538. The minimum atomic E-state index is 0.819. The number of hydrogen-bond acceptors (Lipinski definition) is 1. The molecule has 1 aromatic rings. The predicted octanol–water partition coefficient (Wildman–Crippen LogP) is 2.68. The molecule has 1 nitrogen and oxygen atoms in total. The Morgan fingerprint density at radius 2 is 2.07 bits per heavy atom. The molecular weight excluding hydrogens is 170 g/mol. The molecule has 0 atom stereocenters. The van der Waals surface area contributed by atoms with E-state index in [9.17, 15) is 0 Å². The standard InChI is InChI=1S/C13H19N/c1-11-5-2-3-6-12(11)9-10-14-13-7-4-8-13/h2-3,5-6,13-14H,4,7-10H2,1H3. The van der Waals surface area contributed by atoms with E-state index < -0.39 is 0 Å². The third-order valence-electron chi connectivity index (χ3n) is 3.19. The summed E-state index contributed by atoms with van der Waals surface area (Å²) in [6, 6.07) is 9.49. The molecule has 0 amide bonds. The summed E-state index contributed by atoms with van der Waals surface area (Å²) < 4.78 is 0. The van der Waals surface area contributed by atoms with E-state index in [0.717, 1.165) is 12.6 Å². The summed E-state index contributed by atoms with van der Waals surface area (Å²) >= 11 is 0. The normalized spacial score (nSPS) is 16.6. The van der Waals surface area contributed by atoms with Gasteiger partial charge in [0.2, 0.25) is 0 Å². The van der Waals surface area contributed by atoms with E-state index in [4.69, 9.17) is 0 Å². The number of rotatable bonds is 4. The SMILES string of the molecule is Cc1ccccc1CCNC1CCC1. The average Bonchev–Trinajstić information content (AvgIpc) is 2.12. The van der Waals surface area contributed by atoms with Crippen molar-refractivity contribution in [2.45, 2.75) is 38.6 Å². The van der Waals surface area contributed by atoms with Crippen LogP contribution in [0.4, 0.5) is 0 Å². The molecule has 1 aliphatic rings. The smallest absolute Gasteiger partial charge is 0.00672 e. The second-order valence-electron chi connectivity index (χ2n) is 4.26. The van der Waals surface area contributed by atoms with Crippen molar-refractivity contribution in [1.29, 1.82) is 0 Å². The van der Waals surface area contributed by atoms with Crippen LogP contribution in [0.1, 0.15) is 30.4 Å². The van der Waals surface area contributed by atoms with Gasteiger partial charge in [0, 0.05) is 6.04 Å². The number of hydrogen-bond donors (Lipinski definition) is 1. The van der Waals surface area contributed by atoms with E-state index in [0.29, 0.717) is 0 Å². The maximum atomic E-state index is 3.59. The second-order valence-corrected chi connectivity index (χ2v) is 4.26. The van der Waals surface area contributed by atoms with Gasteiger partial charge in [-0.05, 0) is 43.9 Å². The summed E-state index contributed by atoms with van der Waals surface area (Å²) in [4.78, 5) is 0. The lowest BCUT2D eigenvalue weighted by Crippen LogP contribution is -2.36. The highest BCUT2D eigenvalue weighted by atomic mass is 14.9. The summed E-state index contributed by atoms with van der Waals surface area (Å²) in [7, 11) is 0. The van der Waals surface area contributed by atoms with Crippen LogP contribution in [0, 0.1) is 6.92 Å². The molecule has 76 valence electrons. The topological polar surface area (TPSA) is 12.0 Å². The van der Waals surface area contributed by atoms with Gasteiger partial charge in [0.1, 0.15) is 0 Å². The zero-order valence-corrected chi connectivity index (χ0v) is 8.92. The van der Waals surface area contributed by atoms with Crippen LogP contribution in [0.15, 0.2) is 24.3 Å². The molecule has 14 heavy (non-hydrogen) atoms. The van der Waals surface area contributed by atoms with E-state index in [1.165, 1.54) is 36.8 Å². The van der Waals surface area contributed by atoms with Crippen LogP contribution in [0.5, 0.6) is 0 Å². The molecule has 0 aromatic heterocycles. The molecule has 0 spiro atoms. The zero-order valence-electron chi connectivity index (χ0n) is 8.92. The number of aryl methyl sites for hydroxylation is 1. The molecule has 0 saturated heterocycles. The van der Waals surface area contributed by atoms with Gasteiger partial charge in [-0.1, -0.05) is 30.7 Å². The minimum absolute atomic E-state index is 0.819. The maximum Gasteiger partial charge on any atom is 0.00672 e. The van der Waals surface area contributed by atoms with Crippen LogP contribution in [0.25, 0.3) is 0 Å². The van der Waals surface area contributed by atoms with Gasteiger partial charge in [-0.15, -0.1) is 0 Å². The van der Waals surface area contributed by atoms with E-state index in [1.54, 1.807) is 0 Å². The highest BCUT2D eigenvalue weighted by Crippen LogP contribution is 2.17. The highest BCUT2D eigenvalue weighted by molar-refractivity contribution is 5.25. The van der Waals surface area contributed by atoms with Gasteiger partial charge in [-0.3, -0.25) is 0 Å². The van der Waals surface area contributed by atoms with E-state index in [-0.39, 0.29) is 0 Å². The molecule has 0 unspecified atom stereocenters. The van der Waals surface area contributed by atoms with Crippen LogP contribution in [-0.2, 0) is 6.42 Å². The summed E-state index contributed by atoms with van der Waals surface area (Å²) in [5, 5.41) is 3.59. The Labute approximate surface area is 86.5 Å². The van der Waals surface area contributed by atoms with E-state index in [1.807, 2.05) is 0 Å². The van der Waals surface area contributed by atoms with Gasteiger partial charge >= 0.3 is 0 Å². The quantitative estimate of drug-likeness (QED) is 0.768. The summed E-state index contributed by atoms with van der Waals surface area (Å²) in [6.45, 7) is 3.33. The van der Waals surface area contributed by atoms with Crippen LogP contribution < -0.4 is 5.32 Å². The van der Waals surface area contributed by atoms with Gasteiger partial charge in [0.05, 0.1) is 0 Å². The molecule has 1 N–H and O–H groups in total. The molecular formula is C13H19N. The lowest BCUT2D eigenvalue weighted by Gasteiger charge is -2.26. The van der Waals surface area contributed by atoms with Crippen molar-refractivity contribution in [3.8, 4) is 0 Å². The average molecular weight is 189 g/mol. The molecule has 1 aliphatic carbocycles. The third kappa shape index (κ3) is 2.36. The molecule has 1 aromatic carbocycles. The van der Waals surface area contributed by atoms with Gasteiger partial charge in [0.25, 0.3) is 0 Å². The maximum absolute atomic E-state index is 3.59. The Balaban J connectivity index is 1.76. The molecule has 2 rings (SSSR count). The highest BCUT2D eigenvalue weighted by Gasteiger charge is 2.15. The van der Waals surface area contributed by atoms with Crippen molar-refractivity contribution in [1.82, 2.24) is 5.32 Å². The predicted molar refractivity (Wildman–Crippen MR) is 60.5 cm³/mol. The number of benzene rings is 1. The van der Waals surface area contributed by atoms with Crippen molar-refractivity contribution in [2.24, 2.45) is 0 Å². The van der Waals surface area contributed by atoms with Crippen molar-refractivity contribution in [3.63, 3.8) is 0 Å². The van der Waals surface area contributed by atoms with Crippen LogP contribution in [0.2, 0.25) is 0 Å². The van der Waals surface area contributed by atoms with Crippen LogP contribution in [0.3, 0.4) is 0 Å². The Kier molecular flexibility index (Phi) is 3.20. The first-order valence-corrected chi connectivity index (χ1v) is 5.64. The third-order valence-corrected chi connectivity index (χ3v) is 3.19. The minimum Gasteiger partial charge on any atom is -0.314 e. The summed E-state index contributed by atoms with van der Waals surface area (Å²) in [5.41, 5.74) is 2.90. The van der Waals surface area contributed by atoms with Gasteiger partial charge in [-0.25, -0.2) is 0 Å². The van der Waals surface area contributed by atoms with Crippen LogP contribution >= 0.6 is 0 Å². The van der Waals surface area contributed by atoms with Crippen molar-refractivity contribution < 1.29 is 0 Å². The largest absolute Gasteiger partial charge is 0.314 e. The fourth-order valence-electron chi connectivity index (χ4n) is 1.91. The van der Waals surface area contributed by atoms with Crippen molar-refractivity contribution >= 4 is 0 Å². The lowest BCUT2D eigenvalue weighted by molar-refractivity contribution is 0.342. The van der Waals surface area contributed by atoms with Gasteiger partial charge < -0.3 is 5.32 Å². The Morgan fingerprint density at radius 1 is 1.29 bits per heavy atom. The van der Waals surface area contributed by atoms with Gasteiger partial charge in [0.15, 0.2) is 0 Å². The summed E-state index contributed by atoms with van der Waals surface area (Å²) in [6.07, 6.45) is 5.35. The monoisotopic (exact) mass is 189 g/mol. The molecule has 1 fully saturated rings. The molecule has 1 heteroatoms. The Hall–Kier alpha value is -0.820. The first-order chi connectivity index (χ1) is 6.86. The molecule has 0 bridgehead atoms. The van der Waals surface area contributed by atoms with E-state index >= 15 is 0 Å². The first-order valence-electron chi connectivity index (χ1n) is 5.64. The van der Waals surface area contributed by atoms with Gasteiger partial charge in [-0.2, -0.15) is 0 Å². The summed E-state index contributed by atoms with van der Waals surface area (Å²) in [5.74, 6) is 0. The number of nitrogens with one attached hydrogen (secondary N) is 1. The first kappa shape index (κ1) is 9.72. The molecule has 1 saturated carbocycles.